The van der Waals surface area contributed by atoms with Gasteiger partial charge in [0.1, 0.15) is 17.1 Å². The summed E-state index contributed by atoms with van der Waals surface area (Å²) in [6.07, 6.45) is 12.5. The minimum atomic E-state index is -1.08. The first-order valence-electron chi connectivity index (χ1n) is 24.5. The van der Waals surface area contributed by atoms with Crippen LogP contribution in [0.2, 0.25) is 0 Å². The number of carbonyl (C=O) groups excluding carboxylic acids is 8. The maximum atomic E-state index is 13.5. The van der Waals surface area contributed by atoms with Crippen LogP contribution in [0, 0.1) is 0 Å². The Hall–Kier alpha value is -10.8. The Bertz CT molecular complexity index is 3950. The zero-order valence-electron chi connectivity index (χ0n) is 44.4. The zero-order valence-corrected chi connectivity index (χ0v) is 44.4. The second kappa shape index (κ2) is 22.0. The summed E-state index contributed by atoms with van der Waals surface area (Å²) in [5, 5.41) is 21.6. The van der Waals surface area contributed by atoms with E-state index in [9.17, 15) is 38.4 Å². The van der Waals surface area contributed by atoms with Gasteiger partial charge in [-0.15, -0.1) is 0 Å². The lowest BCUT2D eigenvalue weighted by Crippen LogP contribution is -2.39. The second-order valence-corrected chi connectivity index (χ2v) is 18.7. The lowest BCUT2D eigenvalue weighted by molar-refractivity contribution is -0.117. The van der Waals surface area contributed by atoms with Crippen LogP contribution in [0.1, 0.15) is 80.1 Å². The highest BCUT2D eigenvalue weighted by molar-refractivity contribution is 6.09. The number of aromatic amines is 1. The summed E-state index contributed by atoms with van der Waals surface area (Å²) in [4.78, 5) is 125. The van der Waals surface area contributed by atoms with Crippen LogP contribution in [0.5, 0.6) is 0 Å². The van der Waals surface area contributed by atoms with E-state index in [0.717, 1.165) is 0 Å². The van der Waals surface area contributed by atoms with E-state index < -0.39 is 41.5 Å². The molecule has 11 N–H and O–H groups in total. The SMILES string of the molecule is CNC(=O)c1cc(NC(=O)c2ccc3nc(-c4cc(NC(=O)c5nc(NC(=O)[C@H](N)CCNC(=O)c6cc(NC(=O)c7cc(NC(=O)c8nc(NC(=O)c9nccn9C)cn8C)cn7C)cn6C)cn5C)cn4C)[nH]c3c2)cn1C. The van der Waals surface area contributed by atoms with Gasteiger partial charge >= 0.3 is 0 Å². The number of aromatic nitrogens is 12. The number of hydrogen-bond acceptors (Lipinski definition) is 13. The van der Waals surface area contributed by atoms with Crippen LogP contribution >= 0.6 is 0 Å². The number of anilines is 6. The monoisotopic (exact) mass is 1090 g/mol. The van der Waals surface area contributed by atoms with Crippen molar-refractivity contribution in [3.8, 4) is 11.5 Å². The number of fused-ring (bicyclic) bond motifs is 1. The van der Waals surface area contributed by atoms with Crippen molar-refractivity contribution in [1.29, 1.82) is 0 Å². The molecule has 0 bridgehead atoms. The minimum Gasteiger partial charge on any atom is -0.354 e. The molecule has 412 valence electrons. The van der Waals surface area contributed by atoms with Crippen molar-refractivity contribution in [2.75, 3.05) is 45.5 Å². The van der Waals surface area contributed by atoms with Crippen molar-refractivity contribution in [3.05, 3.63) is 132 Å². The maximum Gasteiger partial charge on any atom is 0.292 e. The van der Waals surface area contributed by atoms with Crippen LogP contribution in [0.25, 0.3) is 22.6 Å². The highest BCUT2D eigenvalue weighted by Gasteiger charge is 2.24. The molecule has 9 aromatic rings. The molecule has 29 nitrogen and oxygen atoms in total. The molecule has 0 spiro atoms. The van der Waals surface area contributed by atoms with Gasteiger partial charge in [-0.05, 0) is 48.9 Å². The van der Waals surface area contributed by atoms with Crippen LogP contribution in [-0.2, 0) is 54.1 Å². The number of imidazole rings is 4. The normalized spacial score (nSPS) is 11.5. The van der Waals surface area contributed by atoms with E-state index in [2.05, 4.69) is 67.5 Å². The second-order valence-electron chi connectivity index (χ2n) is 18.7. The van der Waals surface area contributed by atoms with Crippen molar-refractivity contribution in [3.63, 3.8) is 0 Å². The summed E-state index contributed by atoms with van der Waals surface area (Å²) in [5.74, 6) is -3.14. The Morgan fingerprint density at radius 2 is 1.04 bits per heavy atom. The fourth-order valence-electron chi connectivity index (χ4n) is 8.63. The topological polar surface area (TPSA) is 361 Å². The van der Waals surface area contributed by atoms with Gasteiger partial charge in [-0.2, -0.15) is 0 Å². The van der Waals surface area contributed by atoms with Gasteiger partial charge < -0.3 is 85.2 Å². The zero-order chi connectivity index (χ0) is 57.3. The number of nitrogens with two attached hydrogens (primary N) is 1. The molecule has 8 aromatic heterocycles. The van der Waals surface area contributed by atoms with Crippen LogP contribution < -0.4 is 48.3 Å². The number of rotatable bonds is 18. The molecular formula is C51H55N21O8. The van der Waals surface area contributed by atoms with Crippen LogP contribution in [-0.4, -0.2) is 124 Å². The first-order valence-corrected chi connectivity index (χ1v) is 24.5. The smallest absolute Gasteiger partial charge is 0.292 e. The summed E-state index contributed by atoms with van der Waals surface area (Å²) in [7, 11) is 13.1. The lowest BCUT2D eigenvalue weighted by Gasteiger charge is -2.11. The van der Waals surface area contributed by atoms with Crippen molar-refractivity contribution >= 4 is 92.7 Å². The lowest BCUT2D eigenvalue weighted by atomic mass is 10.2. The average molecular weight is 1090 g/mol. The molecule has 8 amide bonds. The molecule has 1 aromatic carbocycles. The van der Waals surface area contributed by atoms with Gasteiger partial charge in [0.25, 0.3) is 41.4 Å². The van der Waals surface area contributed by atoms with E-state index in [1.54, 1.807) is 124 Å². The number of benzene rings is 1. The maximum absolute atomic E-state index is 13.5. The molecule has 1 atom stereocenters. The van der Waals surface area contributed by atoms with E-state index in [-0.39, 0.29) is 65.3 Å². The number of aryl methyl sites for hydroxylation is 7. The fraction of sp³-hybridized carbons (Fsp3) is 0.216. The predicted octanol–water partition coefficient (Wildman–Crippen LogP) is 2.49. The number of H-pyrrole nitrogens is 1. The molecule has 80 heavy (non-hydrogen) atoms. The molecular weight excluding hydrogens is 1030 g/mol. The highest BCUT2D eigenvalue weighted by Crippen LogP contribution is 2.27. The Morgan fingerprint density at radius 1 is 0.525 bits per heavy atom. The molecule has 8 heterocycles. The third-order valence-corrected chi connectivity index (χ3v) is 12.7. The van der Waals surface area contributed by atoms with E-state index >= 15 is 0 Å². The molecule has 0 radical (unpaired) electrons. The van der Waals surface area contributed by atoms with E-state index in [1.165, 1.54) is 56.0 Å². The Labute approximate surface area is 453 Å². The quantitative estimate of drug-likeness (QED) is 0.0591. The number of hydrogen-bond donors (Lipinski definition) is 10. The van der Waals surface area contributed by atoms with Gasteiger partial charge in [0, 0.05) is 118 Å². The van der Waals surface area contributed by atoms with E-state index in [1.807, 2.05) is 0 Å². The van der Waals surface area contributed by atoms with Crippen molar-refractivity contribution in [2.45, 2.75) is 12.5 Å². The fourth-order valence-corrected chi connectivity index (χ4v) is 8.63. The van der Waals surface area contributed by atoms with Gasteiger partial charge in [-0.25, -0.2) is 19.9 Å². The van der Waals surface area contributed by atoms with Crippen molar-refractivity contribution in [1.82, 2.24) is 67.5 Å². The first-order chi connectivity index (χ1) is 38.1. The molecule has 9 rings (SSSR count). The predicted molar refractivity (Wildman–Crippen MR) is 293 cm³/mol. The van der Waals surface area contributed by atoms with Gasteiger partial charge in [0.15, 0.2) is 23.3 Å². The van der Waals surface area contributed by atoms with E-state index in [4.69, 9.17) is 5.73 Å². The molecule has 0 saturated carbocycles. The van der Waals surface area contributed by atoms with Crippen LogP contribution in [0.4, 0.5) is 34.4 Å². The first kappa shape index (κ1) is 54.0. The molecule has 0 fully saturated rings. The molecule has 29 heteroatoms. The molecule has 0 saturated heterocycles. The molecule has 0 aliphatic carbocycles. The summed E-state index contributed by atoms with van der Waals surface area (Å²) < 4.78 is 10.8. The summed E-state index contributed by atoms with van der Waals surface area (Å²) in [6, 6.07) is 10.2. The molecule has 0 aliphatic rings. The third kappa shape index (κ3) is 11.5. The molecule has 0 aliphatic heterocycles. The largest absolute Gasteiger partial charge is 0.354 e. The standard InChI is InChI=1S/C51H55N21O8/c1-53-46(75)35-17-28(21-68(35)4)56-44(73)26-9-10-32-33(15-26)61-40(60-32)34-16-27(20-67(34)3)58-50(79)42-62-38(24-71(42)7)64-45(74)31(52)11-12-55-47(76)36-18-29(22-69(36)5)57-48(77)37-19-30(23-70(37)6)59-51(80)43-63-39(25-72(43)8)65-49(78)41-54-13-14-66(41)2/h9-10,13-25,31H,11-12,52H2,1-8H3,(H,53,75)(H,55,76)(H,56,73)(H,57,77)(H,58,79)(H,59,80)(H,60,61)(H,64,74)(H,65,78)/t31-/m1/s1. The Kier molecular flexibility index (Phi) is 14.9. The summed E-state index contributed by atoms with van der Waals surface area (Å²) in [5.41, 5.74) is 10.6. The Balaban J connectivity index is 0.731. The highest BCUT2D eigenvalue weighted by atomic mass is 16.2. The number of amides is 8. The van der Waals surface area contributed by atoms with Crippen LogP contribution in [0.15, 0.2) is 92.0 Å². The minimum absolute atomic E-state index is 0.00499. The van der Waals surface area contributed by atoms with Gasteiger partial charge in [-0.3, -0.25) is 38.4 Å². The Morgan fingerprint density at radius 3 is 1.61 bits per heavy atom. The van der Waals surface area contributed by atoms with Crippen LogP contribution in [0.3, 0.4) is 0 Å². The number of carbonyl (C=O) groups is 8. The van der Waals surface area contributed by atoms with Crippen molar-refractivity contribution < 1.29 is 38.4 Å². The number of nitrogens with one attached hydrogen (secondary N) is 9. The van der Waals surface area contributed by atoms with Gasteiger partial charge in [0.2, 0.25) is 17.6 Å². The third-order valence-electron chi connectivity index (χ3n) is 12.7. The van der Waals surface area contributed by atoms with Crippen molar-refractivity contribution in [2.24, 2.45) is 55.1 Å². The van der Waals surface area contributed by atoms with E-state index in [0.29, 0.717) is 56.6 Å². The van der Waals surface area contributed by atoms with Gasteiger partial charge in [0.05, 0.1) is 45.5 Å². The number of nitrogens with zero attached hydrogens (tertiary/aromatic N) is 11. The molecule has 0 unspecified atom stereocenters. The summed E-state index contributed by atoms with van der Waals surface area (Å²) in [6.45, 7) is 0.0104. The average Bonchev–Trinajstić information content (AvgIpc) is 4.33. The van der Waals surface area contributed by atoms with Gasteiger partial charge in [-0.1, -0.05) is 0 Å². The summed E-state index contributed by atoms with van der Waals surface area (Å²) >= 11 is 0.